The SMILES string of the molecule is [N-]=[N+]=NCC1CN(c2cc(F)c(N3CC(=O)N(COC4CCCCO4)C3)c(F)c2)C(=O)O1. The smallest absolute Gasteiger partial charge is 0.414 e. The Balaban J connectivity index is 1.42. The van der Waals surface area contributed by atoms with Crippen LogP contribution in [0.3, 0.4) is 0 Å². The number of rotatable bonds is 7. The highest BCUT2D eigenvalue weighted by Gasteiger charge is 2.35. The van der Waals surface area contributed by atoms with Crippen LogP contribution in [-0.2, 0) is 19.0 Å². The van der Waals surface area contributed by atoms with Crippen LogP contribution in [0.5, 0.6) is 0 Å². The van der Waals surface area contributed by atoms with E-state index in [1.807, 2.05) is 0 Å². The summed E-state index contributed by atoms with van der Waals surface area (Å²) in [5, 5.41) is 3.34. The summed E-state index contributed by atoms with van der Waals surface area (Å²) in [6.07, 6.45) is 0.792. The Morgan fingerprint density at radius 1 is 1.25 bits per heavy atom. The molecule has 0 N–H and O–H groups in total. The van der Waals surface area contributed by atoms with Crippen molar-refractivity contribution in [2.75, 3.05) is 49.4 Å². The minimum Gasteiger partial charge on any atom is -0.444 e. The van der Waals surface area contributed by atoms with Crippen molar-refractivity contribution in [2.45, 2.75) is 31.7 Å². The molecule has 1 aromatic carbocycles. The predicted octanol–water partition coefficient (Wildman–Crippen LogP) is 2.71. The molecular formula is C19H22F2N6O5. The zero-order chi connectivity index (χ0) is 22.7. The Labute approximate surface area is 182 Å². The van der Waals surface area contributed by atoms with Crippen molar-refractivity contribution in [2.24, 2.45) is 5.11 Å². The minimum atomic E-state index is -0.919. The van der Waals surface area contributed by atoms with Crippen molar-refractivity contribution in [1.82, 2.24) is 4.90 Å². The summed E-state index contributed by atoms with van der Waals surface area (Å²) in [4.78, 5) is 30.6. The number of carbonyl (C=O) groups excluding carboxylic acids is 2. The first-order chi connectivity index (χ1) is 15.5. The lowest BCUT2D eigenvalue weighted by molar-refractivity contribution is -0.184. The van der Waals surface area contributed by atoms with E-state index >= 15 is 0 Å². The van der Waals surface area contributed by atoms with E-state index in [9.17, 15) is 18.4 Å². The van der Waals surface area contributed by atoms with E-state index < -0.39 is 23.8 Å². The molecule has 172 valence electrons. The molecule has 3 aliphatic rings. The fourth-order valence-electron chi connectivity index (χ4n) is 3.84. The average molecular weight is 452 g/mol. The molecule has 0 radical (unpaired) electrons. The first-order valence-corrected chi connectivity index (χ1v) is 10.2. The zero-order valence-corrected chi connectivity index (χ0v) is 17.2. The molecule has 4 rings (SSSR count). The summed E-state index contributed by atoms with van der Waals surface area (Å²) in [5.41, 5.74) is 7.98. The molecule has 32 heavy (non-hydrogen) atoms. The maximum absolute atomic E-state index is 14.9. The molecule has 3 aliphatic heterocycles. The van der Waals surface area contributed by atoms with Gasteiger partial charge in [0.2, 0.25) is 5.91 Å². The Bertz CT molecular complexity index is 914. The van der Waals surface area contributed by atoms with E-state index in [4.69, 9.17) is 19.7 Å². The fourth-order valence-corrected chi connectivity index (χ4v) is 3.84. The maximum atomic E-state index is 14.9. The van der Waals surface area contributed by atoms with Crippen molar-refractivity contribution >= 4 is 23.4 Å². The predicted molar refractivity (Wildman–Crippen MR) is 107 cm³/mol. The van der Waals surface area contributed by atoms with Gasteiger partial charge in [0.15, 0.2) is 17.9 Å². The first-order valence-electron chi connectivity index (χ1n) is 10.2. The van der Waals surface area contributed by atoms with Crippen molar-refractivity contribution in [3.8, 4) is 0 Å². The van der Waals surface area contributed by atoms with Gasteiger partial charge in [-0.15, -0.1) is 0 Å². The Hall–Kier alpha value is -3.15. The normalized spacial score (nSPS) is 23.5. The van der Waals surface area contributed by atoms with Crippen LogP contribution in [-0.4, -0.2) is 68.9 Å². The second kappa shape index (κ2) is 9.55. The Morgan fingerprint density at radius 2 is 2.03 bits per heavy atom. The van der Waals surface area contributed by atoms with Crippen LogP contribution < -0.4 is 9.80 Å². The summed E-state index contributed by atoms with van der Waals surface area (Å²) in [6.45, 7) is 0.229. The van der Waals surface area contributed by atoms with Crippen LogP contribution in [0.2, 0.25) is 0 Å². The third-order valence-electron chi connectivity index (χ3n) is 5.43. The molecule has 3 saturated heterocycles. The summed E-state index contributed by atoms with van der Waals surface area (Å²) in [6, 6.07) is 2.02. The lowest BCUT2D eigenvalue weighted by Gasteiger charge is -2.26. The van der Waals surface area contributed by atoms with E-state index in [1.54, 1.807) is 0 Å². The van der Waals surface area contributed by atoms with Gasteiger partial charge in [-0.25, -0.2) is 13.6 Å². The number of cyclic esters (lactones) is 1. The van der Waals surface area contributed by atoms with Gasteiger partial charge in [-0.05, 0) is 24.8 Å². The van der Waals surface area contributed by atoms with E-state index in [1.165, 1.54) is 9.80 Å². The fraction of sp³-hybridized carbons (Fsp3) is 0.579. The van der Waals surface area contributed by atoms with E-state index in [2.05, 4.69) is 10.0 Å². The Morgan fingerprint density at radius 3 is 2.72 bits per heavy atom. The maximum Gasteiger partial charge on any atom is 0.414 e. The van der Waals surface area contributed by atoms with Crippen LogP contribution in [0.25, 0.3) is 10.4 Å². The molecular weight excluding hydrogens is 430 g/mol. The number of ether oxygens (including phenoxy) is 3. The molecule has 2 atom stereocenters. The number of hydrogen-bond acceptors (Lipinski definition) is 7. The van der Waals surface area contributed by atoms with Crippen molar-refractivity contribution in [3.05, 3.63) is 34.2 Å². The zero-order valence-electron chi connectivity index (χ0n) is 17.2. The molecule has 2 unspecified atom stereocenters. The molecule has 0 spiro atoms. The second-order valence-corrected chi connectivity index (χ2v) is 7.65. The molecule has 3 heterocycles. The largest absolute Gasteiger partial charge is 0.444 e. The third-order valence-corrected chi connectivity index (χ3v) is 5.43. The van der Waals surface area contributed by atoms with Gasteiger partial charge < -0.3 is 19.1 Å². The van der Waals surface area contributed by atoms with Crippen LogP contribution in [0.1, 0.15) is 19.3 Å². The molecule has 0 bridgehead atoms. The van der Waals surface area contributed by atoms with Gasteiger partial charge >= 0.3 is 6.09 Å². The standard InChI is InChI=1S/C19H22F2N6O5/c20-14-5-12(27-8-13(7-23-24-22)32-19(27)29)6-15(21)18(14)25-9-16(28)26(10-25)11-31-17-3-1-2-4-30-17/h5-6,13,17H,1-4,7-11H2. The summed E-state index contributed by atoms with van der Waals surface area (Å²) < 4.78 is 45.8. The molecule has 2 amide bonds. The molecule has 3 fully saturated rings. The highest BCUT2D eigenvalue weighted by molar-refractivity contribution is 5.90. The number of benzene rings is 1. The van der Waals surface area contributed by atoms with Gasteiger partial charge in [0.1, 0.15) is 18.5 Å². The van der Waals surface area contributed by atoms with Crippen LogP contribution in [0.4, 0.5) is 25.0 Å². The topological polar surface area (TPSA) is 120 Å². The number of nitrogens with zero attached hydrogens (tertiary/aromatic N) is 6. The van der Waals surface area contributed by atoms with E-state index in [0.29, 0.717) is 6.61 Å². The van der Waals surface area contributed by atoms with Crippen molar-refractivity contribution in [1.29, 1.82) is 0 Å². The molecule has 0 aromatic heterocycles. The summed E-state index contributed by atoms with van der Waals surface area (Å²) in [5.74, 6) is -2.16. The number of azide groups is 1. The Kier molecular flexibility index (Phi) is 6.58. The molecule has 0 saturated carbocycles. The van der Waals surface area contributed by atoms with Gasteiger partial charge in [0.25, 0.3) is 0 Å². The number of amides is 2. The summed E-state index contributed by atoms with van der Waals surface area (Å²) in [7, 11) is 0. The van der Waals surface area contributed by atoms with Gasteiger partial charge in [0, 0.05) is 23.7 Å². The van der Waals surface area contributed by atoms with Gasteiger partial charge in [-0.3, -0.25) is 14.6 Å². The number of hydrogen-bond donors (Lipinski definition) is 0. The second-order valence-electron chi connectivity index (χ2n) is 7.65. The molecule has 0 aliphatic carbocycles. The van der Waals surface area contributed by atoms with Crippen LogP contribution >= 0.6 is 0 Å². The lowest BCUT2D eigenvalue weighted by atomic mass is 10.2. The number of anilines is 2. The molecule has 13 heteroatoms. The van der Waals surface area contributed by atoms with Gasteiger partial charge in [-0.2, -0.15) is 0 Å². The number of halogens is 2. The third kappa shape index (κ3) is 4.69. The van der Waals surface area contributed by atoms with Crippen LogP contribution in [0.15, 0.2) is 17.2 Å². The van der Waals surface area contributed by atoms with E-state index in [-0.39, 0.29) is 56.6 Å². The van der Waals surface area contributed by atoms with Gasteiger partial charge in [0.05, 0.1) is 32.0 Å². The molecule has 11 nitrogen and oxygen atoms in total. The van der Waals surface area contributed by atoms with Crippen LogP contribution in [0, 0.1) is 11.6 Å². The number of carbonyl (C=O) groups is 2. The molecule has 1 aromatic rings. The van der Waals surface area contributed by atoms with Gasteiger partial charge in [-0.1, -0.05) is 5.11 Å². The van der Waals surface area contributed by atoms with E-state index in [0.717, 1.165) is 36.3 Å². The quantitative estimate of drug-likeness (QED) is 0.356. The van der Waals surface area contributed by atoms with Crippen molar-refractivity contribution in [3.63, 3.8) is 0 Å². The highest BCUT2D eigenvalue weighted by Crippen LogP contribution is 2.32. The summed E-state index contributed by atoms with van der Waals surface area (Å²) >= 11 is 0. The highest BCUT2D eigenvalue weighted by atomic mass is 19.1. The monoisotopic (exact) mass is 452 g/mol. The first kappa shape index (κ1) is 22.1. The van der Waals surface area contributed by atoms with Crippen molar-refractivity contribution < 1.29 is 32.6 Å². The average Bonchev–Trinajstić information content (AvgIpc) is 3.33. The lowest BCUT2D eigenvalue weighted by Crippen LogP contribution is -2.34. The minimum absolute atomic E-state index is 0.00731.